The molecule has 100 valence electrons. The van der Waals surface area contributed by atoms with Gasteiger partial charge in [0, 0.05) is 18.9 Å². The summed E-state index contributed by atoms with van der Waals surface area (Å²) < 4.78 is 6.41. The van der Waals surface area contributed by atoms with Gasteiger partial charge in [-0.25, -0.2) is 0 Å². The van der Waals surface area contributed by atoms with Crippen molar-refractivity contribution >= 4 is 11.9 Å². The first-order valence-corrected chi connectivity index (χ1v) is 6.03. The van der Waals surface area contributed by atoms with Gasteiger partial charge in [0.1, 0.15) is 12.6 Å². The largest absolute Gasteiger partial charge is 0.465 e. The van der Waals surface area contributed by atoms with Crippen LogP contribution in [0.15, 0.2) is 18.5 Å². The van der Waals surface area contributed by atoms with E-state index in [0.29, 0.717) is 13.2 Å². The molecule has 0 aromatic carbocycles. The maximum atomic E-state index is 12.2. The van der Waals surface area contributed by atoms with E-state index in [2.05, 4.69) is 5.10 Å². The summed E-state index contributed by atoms with van der Waals surface area (Å²) in [5.41, 5.74) is 0. The molecule has 0 spiro atoms. The van der Waals surface area contributed by atoms with E-state index in [4.69, 9.17) is 4.74 Å². The molecule has 0 N–H and O–H groups in total. The number of carbonyl (C=O) groups excluding carboxylic acids is 2. The van der Waals surface area contributed by atoms with E-state index in [1.165, 1.54) is 4.90 Å². The number of likely N-dealkylation sites (N-methyl/N-ethyl adjacent to an activating group) is 1. The van der Waals surface area contributed by atoms with E-state index >= 15 is 0 Å². The number of hydrogen-bond acceptors (Lipinski definition) is 4. The Bertz CT molecular complexity index is 389. The number of ether oxygens (including phenoxy) is 1. The number of carbonyl (C=O) groups is 2. The Morgan fingerprint density at radius 2 is 2.17 bits per heavy atom. The second kappa shape index (κ2) is 6.78. The molecule has 0 aliphatic carbocycles. The summed E-state index contributed by atoms with van der Waals surface area (Å²) in [7, 11) is 0. The zero-order valence-corrected chi connectivity index (χ0v) is 11.0. The lowest BCUT2D eigenvalue weighted by atomic mass is 10.3. The van der Waals surface area contributed by atoms with Gasteiger partial charge < -0.3 is 9.64 Å². The molecule has 6 nitrogen and oxygen atoms in total. The third-order valence-corrected chi connectivity index (χ3v) is 2.60. The van der Waals surface area contributed by atoms with Gasteiger partial charge in [-0.15, -0.1) is 0 Å². The van der Waals surface area contributed by atoms with Crippen LogP contribution in [-0.2, 0) is 14.3 Å². The van der Waals surface area contributed by atoms with Crippen molar-refractivity contribution in [2.24, 2.45) is 0 Å². The van der Waals surface area contributed by atoms with Crippen molar-refractivity contribution in [3.05, 3.63) is 18.5 Å². The number of esters is 1. The number of nitrogens with zero attached hydrogens (tertiary/aromatic N) is 3. The highest BCUT2D eigenvalue weighted by Crippen LogP contribution is 2.08. The zero-order chi connectivity index (χ0) is 13.5. The third kappa shape index (κ3) is 3.58. The number of aromatic nitrogens is 2. The van der Waals surface area contributed by atoms with Crippen molar-refractivity contribution in [2.75, 3.05) is 19.7 Å². The van der Waals surface area contributed by atoms with Crippen LogP contribution in [0.5, 0.6) is 0 Å². The molecule has 1 aromatic heterocycles. The predicted octanol–water partition coefficient (Wildman–Crippen LogP) is 0.856. The fourth-order valence-corrected chi connectivity index (χ4v) is 1.60. The average Bonchev–Trinajstić information content (AvgIpc) is 2.88. The molecule has 1 amide bonds. The fraction of sp³-hybridized carbons (Fsp3) is 0.583. The fourth-order valence-electron chi connectivity index (χ4n) is 1.60. The minimum atomic E-state index is -0.422. The van der Waals surface area contributed by atoms with Crippen LogP contribution in [0.1, 0.15) is 26.8 Å². The summed E-state index contributed by atoms with van der Waals surface area (Å²) in [6.45, 7) is 6.08. The highest BCUT2D eigenvalue weighted by Gasteiger charge is 2.23. The maximum Gasteiger partial charge on any atom is 0.325 e. The highest BCUT2D eigenvalue weighted by molar-refractivity contribution is 5.84. The molecule has 0 saturated carbocycles. The second-order valence-electron chi connectivity index (χ2n) is 3.82. The van der Waals surface area contributed by atoms with Crippen molar-refractivity contribution in [2.45, 2.75) is 26.8 Å². The van der Waals surface area contributed by atoms with Crippen LogP contribution in [0.3, 0.4) is 0 Å². The van der Waals surface area contributed by atoms with Crippen LogP contribution in [-0.4, -0.2) is 46.3 Å². The highest BCUT2D eigenvalue weighted by atomic mass is 16.5. The normalized spacial score (nSPS) is 11.9. The van der Waals surface area contributed by atoms with Crippen molar-refractivity contribution < 1.29 is 14.3 Å². The van der Waals surface area contributed by atoms with Gasteiger partial charge in [-0.1, -0.05) is 0 Å². The molecular formula is C12H19N3O3. The molecule has 0 saturated heterocycles. The van der Waals surface area contributed by atoms with Crippen molar-refractivity contribution in [3.8, 4) is 0 Å². The van der Waals surface area contributed by atoms with Crippen LogP contribution in [0.2, 0.25) is 0 Å². The minimum absolute atomic E-state index is 0.0191. The number of amides is 1. The summed E-state index contributed by atoms with van der Waals surface area (Å²) in [5, 5.41) is 4.02. The predicted molar refractivity (Wildman–Crippen MR) is 65.8 cm³/mol. The van der Waals surface area contributed by atoms with E-state index in [1.807, 2.05) is 6.92 Å². The topological polar surface area (TPSA) is 64.4 Å². The first-order valence-electron chi connectivity index (χ1n) is 6.03. The van der Waals surface area contributed by atoms with Crippen molar-refractivity contribution in [1.29, 1.82) is 0 Å². The monoisotopic (exact) mass is 253 g/mol. The van der Waals surface area contributed by atoms with Crippen molar-refractivity contribution in [1.82, 2.24) is 14.7 Å². The molecule has 0 aliphatic heterocycles. The van der Waals surface area contributed by atoms with Crippen LogP contribution in [0.4, 0.5) is 0 Å². The van der Waals surface area contributed by atoms with Gasteiger partial charge in [0.2, 0.25) is 5.91 Å². The standard InChI is InChI=1S/C12H19N3O3/c1-4-14(9-11(16)18-5-2)12(17)10(3)15-8-6-7-13-15/h6-8,10H,4-5,9H2,1-3H3. The second-order valence-corrected chi connectivity index (χ2v) is 3.82. The molecule has 1 heterocycles. The number of hydrogen-bond donors (Lipinski definition) is 0. The van der Waals surface area contributed by atoms with Gasteiger partial charge in [-0.2, -0.15) is 5.10 Å². The summed E-state index contributed by atoms with van der Waals surface area (Å²) in [6, 6.07) is 1.33. The van der Waals surface area contributed by atoms with Crippen LogP contribution in [0.25, 0.3) is 0 Å². The smallest absolute Gasteiger partial charge is 0.325 e. The van der Waals surface area contributed by atoms with E-state index in [1.54, 1.807) is 37.0 Å². The Hall–Kier alpha value is -1.85. The molecule has 6 heteroatoms. The molecule has 1 rings (SSSR count). The lowest BCUT2D eigenvalue weighted by Gasteiger charge is -2.23. The Morgan fingerprint density at radius 3 is 2.67 bits per heavy atom. The summed E-state index contributed by atoms with van der Waals surface area (Å²) in [5.74, 6) is -0.533. The Labute approximate surface area is 107 Å². The summed E-state index contributed by atoms with van der Waals surface area (Å²) in [4.78, 5) is 25.0. The molecule has 18 heavy (non-hydrogen) atoms. The molecule has 0 bridgehead atoms. The molecule has 1 unspecified atom stereocenters. The van der Waals surface area contributed by atoms with Gasteiger partial charge in [-0.3, -0.25) is 14.3 Å². The van der Waals surface area contributed by atoms with Gasteiger partial charge >= 0.3 is 5.97 Å². The van der Waals surface area contributed by atoms with Crippen molar-refractivity contribution in [3.63, 3.8) is 0 Å². The zero-order valence-electron chi connectivity index (χ0n) is 11.0. The van der Waals surface area contributed by atoms with Gasteiger partial charge in [0.15, 0.2) is 0 Å². The van der Waals surface area contributed by atoms with E-state index in [0.717, 1.165) is 0 Å². The molecule has 0 radical (unpaired) electrons. The SMILES string of the molecule is CCOC(=O)CN(CC)C(=O)C(C)n1cccn1. The minimum Gasteiger partial charge on any atom is -0.465 e. The van der Waals surface area contributed by atoms with Crippen LogP contribution >= 0.6 is 0 Å². The van der Waals surface area contributed by atoms with E-state index in [9.17, 15) is 9.59 Å². The Balaban J connectivity index is 2.64. The number of rotatable bonds is 6. The molecule has 1 aromatic rings. The van der Waals surface area contributed by atoms with Gasteiger partial charge in [-0.05, 0) is 26.8 Å². The summed E-state index contributed by atoms with van der Waals surface area (Å²) in [6.07, 6.45) is 3.34. The quantitative estimate of drug-likeness (QED) is 0.705. The third-order valence-electron chi connectivity index (χ3n) is 2.60. The lowest BCUT2D eigenvalue weighted by molar-refractivity contribution is -0.149. The summed E-state index contributed by atoms with van der Waals surface area (Å²) >= 11 is 0. The Kier molecular flexibility index (Phi) is 5.35. The molecule has 0 aliphatic rings. The van der Waals surface area contributed by atoms with E-state index < -0.39 is 6.04 Å². The van der Waals surface area contributed by atoms with Gasteiger partial charge in [0.05, 0.1) is 6.61 Å². The van der Waals surface area contributed by atoms with Crippen LogP contribution in [0, 0.1) is 0 Å². The molecule has 0 fully saturated rings. The molecule has 1 atom stereocenters. The van der Waals surface area contributed by atoms with E-state index in [-0.39, 0.29) is 18.4 Å². The molecular weight excluding hydrogens is 234 g/mol. The first kappa shape index (κ1) is 14.2. The van der Waals surface area contributed by atoms with Gasteiger partial charge in [0.25, 0.3) is 0 Å². The lowest BCUT2D eigenvalue weighted by Crippen LogP contribution is -2.40. The van der Waals surface area contributed by atoms with Crippen LogP contribution < -0.4 is 0 Å². The average molecular weight is 253 g/mol. The Morgan fingerprint density at radius 1 is 1.44 bits per heavy atom. The maximum absolute atomic E-state index is 12.2. The first-order chi connectivity index (χ1) is 8.60.